The van der Waals surface area contributed by atoms with Gasteiger partial charge in [0.05, 0.1) is 18.6 Å². The van der Waals surface area contributed by atoms with E-state index >= 15 is 4.79 Å². The van der Waals surface area contributed by atoms with Crippen molar-refractivity contribution in [1.82, 2.24) is 25.1 Å². The number of hydrogen-bond acceptors (Lipinski definition) is 6. The van der Waals surface area contributed by atoms with E-state index in [2.05, 4.69) is 47.0 Å². The van der Waals surface area contributed by atoms with Gasteiger partial charge in [-0.3, -0.25) is 9.59 Å². The van der Waals surface area contributed by atoms with Gasteiger partial charge in [0.2, 0.25) is 11.8 Å². The van der Waals surface area contributed by atoms with Crippen molar-refractivity contribution >= 4 is 17.9 Å². The molecule has 0 radical (unpaired) electrons. The molecule has 0 saturated heterocycles. The molecule has 0 saturated carbocycles. The fourth-order valence-corrected chi connectivity index (χ4v) is 8.31. The van der Waals surface area contributed by atoms with Crippen molar-refractivity contribution in [1.29, 1.82) is 0 Å². The summed E-state index contributed by atoms with van der Waals surface area (Å²) in [5, 5.41) is 5.69. The van der Waals surface area contributed by atoms with Crippen molar-refractivity contribution in [3.05, 3.63) is 263 Å². The average Bonchev–Trinajstić information content (AvgIpc) is 3.85. The summed E-state index contributed by atoms with van der Waals surface area (Å²) in [6.45, 7) is 0.163. The maximum absolute atomic E-state index is 15.1. The molecule has 1 aromatic heterocycles. The summed E-state index contributed by atoms with van der Waals surface area (Å²) in [6, 6.07) is 62.0. The van der Waals surface area contributed by atoms with Crippen LogP contribution in [0, 0.1) is 5.82 Å². The first-order valence-electron chi connectivity index (χ1n) is 22.6. The lowest BCUT2D eigenvalue weighted by Crippen LogP contribution is -2.52. The van der Waals surface area contributed by atoms with Gasteiger partial charge in [0.15, 0.2) is 0 Å². The van der Waals surface area contributed by atoms with Crippen LogP contribution in [0.25, 0.3) is 0 Å². The maximum Gasteiger partial charge on any atom is 0.408 e. The van der Waals surface area contributed by atoms with Crippen LogP contribution in [-0.2, 0) is 52.5 Å². The van der Waals surface area contributed by atoms with Crippen molar-refractivity contribution in [2.75, 3.05) is 13.1 Å². The Morgan fingerprint density at radius 2 is 1.16 bits per heavy atom. The number of carbonyl (C=O) groups excluding carboxylic acids is 3. The fraction of sp³-hybridized carbons (Fsp3) is 0.158. The lowest BCUT2D eigenvalue weighted by molar-refractivity contribution is -0.138. The molecule has 0 spiro atoms. The molecule has 10 nitrogen and oxygen atoms in total. The zero-order chi connectivity index (χ0) is 47.0. The van der Waals surface area contributed by atoms with E-state index in [1.54, 1.807) is 24.5 Å². The standard InChI is InChI=1S/C57H52FN5O5/c58-52-29-17-16-22-46(52)34-35-59-54(64)39-62(37-43-30-32-51(33-31-43)67-40-44-18-6-1-7-19-44)55(65)53(61-56(66)68-41-45-20-8-2-9-21-45)36-50-38-63(42-60-50)57(47-23-10-3-11-24-47,48-25-12-4-13-26-48)49-27-14-5-15-28-49/h1-33,38,42,53H,34-37,39-41H2,(H,59,64)(H,61,66). The number of amides is 3. The second kappa shape index (κ2) is 22.7. The third-order valence-electron chi connectivity index (χ3n) is 11.7. The average molecular weight is 906 g/mol. The lowest BCUT2D eigenvalue weighted by Gasteiger charge is -2.37. The molecule has 1 unspecified atom stereocenters. The number of rotatable bonds is 20. The van der Waals surface area contributed by atoms with E-state index in [9.17, 15) is 14.0 Å². The lowest BCUT2D eigenvalue weighted by atomic mass is 9.77. The van der Waals surface area contributed by atoms with Gasteiger partial charge in [-0.25, -0.2) is 14.2 Å². The van der Waals surface area contributed by atoms with Gasteiger partial charge in [0.1, 0.15) is 36.4 Å². The summed E-state index contributed by atoms with van der Waals surface area (Å²) in [4.78, 5) is 48.8. The summed E-state index contributed by atoms with van der Waals surface area (Å²) in [5.41, 5.74) is 5.56. The molecule has 8 rings (SSSR count). The second-order valence-corrected chi connectivity index (χ2v) is 16.3. The predicted molar refractivity (Wildman–Crippen MR) is 260 cm³/mol. The Balaban J connectivity index is 1.10. The first-order valence-corrected chi connectivity index (χ1v) is 22.6. The van der Waals surface area contributed by atoms with E-state index in [4.69, 9.17) is 14.5 Å². The van der Waals surface area contributed by atoms with E-state index in [1.807, 2.05) is 150 Å². The number of carbonyl (C=O) groups is 3. The Morgan fingerprint density at radius 1 is 0.632 bits per heavy atom. The molecular formula is C57H52FN5O5. The zero-order valence-electron chi connectivity index (χ0n) is 37.5. The van der Waals surface area contributed by atoms with Gasteiger partial charge in [0, 0.05) is 25.7 Å². The summed E-state index contributed by atoms with van der Waals surface area (Å²) >= 11 is 0. The van der Waals surface area contributed by atoms with Gasteiger partial charge in [-0.05, 0) is 63.6 Å². The first-order chi connectivity index (χ1) is 33.3. The molecule has 1 atom stereocenters. The van der Waals surface area contributed by atoms with Gasteiger partial charge in [0.25, 0.3) is 0 Å². The van der Waals surface area contributed by atoms with E-state index in [0.29, 0.717) is 23.6 Å². The van der Waals surface area contributed by atoms with Crippen molar-refractivity contribution in [2.45, 2.75) is 44.2 Å². The van der Waals surface area contributed by atoms with Crippen LogP contribution >= 0.6 is 0 Å². The molecule has 8 aromatic rings. The third kappa shape index (κ3) is 11.7. The van der Waals surface area contributed by atoms with Crippen LogP contribution in [0.4, 0.5) is 9.18 Å². The Hall–Kier alpha value is -8.31. The minimum atomic E-state index is -1.22. The number of hydrogen-bond donors (Lipinski definition) is 2. The summed E-state index contributed by atoms with van der Waals surface area (Å²) in [5.74, 6) is -0.718. The van der Waals surface area contributed by atoms with Gasteiger partial charge in [-0.1, -0.05) is 182 Å². The Morgan fingerprint density at radius 3 is 1.74 bits per heavy atom. The van der Waals surface area contributed by atoms with Crippen LogP contribution in [-0.4, -0.2) is 51.5 Å². The number of imidazole rings is 1. The van der Waals surface area contributed by atoms with Gasteiger partial charge in [-0.2, -0.15) is 0 Å². The Labute approximate surface area is 396 Å². The summed E-state index contributed by atoms with van der Waals surface area (Å²) < 4.78 is 28.2. The number of aromatic nitrogens is 2. The molecule has 0 aliphatic rings. The van der Waals surface area contributed by atoms with Crippen LogP contribution < -0.4 is 15.4 Å². The molecule has 342 valence electrons. The molecule has 1 heterocycles. The number of alkyl carbamates (subject to hydrolysis) is 1. The molecular weight excluding hydrogens is 854 g/mol. The largest absolute Gasteiger partial charge is 0.489 e. The molecule has 11 heteroatoms. The zero-order valence-corrected chi connectivity index (χ0v) is 37.5. The van der Waals surface area contributed by atoms with Gasteiger partial charge < -0.3 is 29.6 Å². The number of nitrogens with one attached hydrogen (secondary N) is 2. The molecule has 0 bridgehead atoms. The normalized spacial score (nSPS) is 11.5. The number of nitrogens with zero attached hydrogens (tertiary/aromatic N) is 3. The molecule has 0 aliphatic heterocycles. The number of halogens is 1. The van der Waals surface area contributed by atoms with Crippen LogP contribution in [0.1, 0.15) is 44.6 Å². The van der Waals surface area contributed by atoms with Crippen molar-refractivity contribution in [2.24, 2.45) is 0 Å². The monoisotopic (exact) mass is 905 g/mol. The Kier molecular flexibility index (Phi) is 15.5. The number of benzene rings is 7. The molecule has 68 heavy (non-hydrogen) atoms. The van der Waals surface area contributed by atoms with E-state index in [-0.39, 0.29) is 44.9 Å². The van der Waals surface area contributed by atoms with Crippen molar-refractivity contribution in [3.8, 4) is 5.75 Å². The molecule has 7 aromatic carbocycles. The maximum atomic E-state index is 15.1. The van der Waals surface area contributed by atoms with Crippen LogP contribution in [0.3, 0.4) is 0 Å². The molecule has 0 aliphatic carbocycles. The van der Waals surface area contributed by atoms with Crippen molar-refractivity contribution in [3.63, 3.8) is 0 Å². The highest BCUT2D eigenvalue weighted by molar-refractivity contribution is 5.89. The molecule has 3 amide bonds. The second-order valence-electron chi connectivity index (χ2n) is 16.3. The smallest absolute Gasteiger partial charge is 0.408 e. The van der Waals surface area contributed by atoms with Crippen LogP contribution in [0.2, 0.25) is 0 Å². The molecule has 2 N–H and O–H groups in total. The third-order valence-corrected chi connectivity index (χ3v) is 11.7. The van der Waals surface area contributed by atoms with Gasteiger partial charge in [-0.15, -0.1) is 0 Å². The molecule has 0 fully saturated rings. The fourth-order valence-electron chi connectivity index (χ4n) is 8.31. The van der Waals surface area contributed by atoms with E-state index in [0.717, 1.165) is 33.4 Å². The van der Waals surface area contributed by atoms with Crippen LogP contribution in [0.5, 0.6) is 5.75 Å². The minimum absolute atomic E-state index is 0.0172. The van der Waals surface area contributed by atoms with Gasteiger partial charge >= 0.3 is 6.09 Å². The quantitative estimate of drug-likeness (QED) is 0.0737. The SMILES string of the molecule is O=C(CN(Cc1ccc(OCc2ccccc2)cc1)C(=O)C(Cc1cn(C(c2ccccc2)(c2ccccc2)c2ccccc2)cn1)NC(=O)OCc1ccccc1)NCCc1ccccc1F. The van der Waals surface area contributed by atoms with E-state index < -0.39 is 29.5 Å². The highest BCUT2D eigenvalue weighted by atomic mass is 19.1. The highest BCUT2D eigenvalue weighted by Gasteiger charge is 2.39. The summed E-state index contributed by atoms with van der Waals surface area (Å²) in [6.07, 6.45) is 3.05. The number of ether oxygens (including phenoxy) is 2. The van der Waals surface area contributed by atoms with E-state index in [1.165, 1.54) is 11.0 Å². The van der Waals surface area contributed by atoms with Crippen LogP contribution in [0.15, 0.2) is 213 Å². The summed E-state index contributed by atoms with van der Waals surface area (Å²) in [7, 11) is 0. The first kappa shape index (κ1) is 46.2. The highest BCUT2D eigenvalue weighted by Crippen LogP contribution is 2.41. The minimum Gasteiger partial charge on any atom is -0.489 e. The van der Waals surface area contributed by atoms with Crippen molar-refractivity contribution < 1.29 is 28.2 Å². The predicted octanol–water partition coefficient (Wildman–Crippen LogP) is 9.67. The topological polar surface area (TPSA) is 115 Å². The Bertz CT molecular complexity index is 2750.